The predicted octanol–water partition coefficient (Wildman–Crippen LogP) is 7.13. The molecule has 0 radical (unpaired) electrons. The molecule has 0 spiro atoms. The number of halogens is 1. The summed E-state index contributed by atoms with van der Waals surface area (Å²) < 4.78 is 14.1. The van der Waals surface area contributed by atoms with Crippen LogP contribution >= 0.6 is 11.6 Å². The standard InChI is InChI=1S/C13H15NO5.C7H4ClNO4.C6H12O/c1-2-3-4-5-10-18-13(15)19-12-8-6-11(7-9-12)14(16)17;8-7(10)13-6-3-1-5(2-4-6)9(11)12;1-2-3-4-5-6-7/h2,6-9H,1,3-5,10H2;1-4H;2,7H,1,3-6H2. The van der Waals surface area contributed by atoms with Crippen LogP contribution in [0.3, 0.4) is 0 Å². The quantitative estimate of drug-likeness (QED) is 0.0500. The fraction of sp³-hybridized carbons (Fsp3) is 0.308. The molecule has 0 heterocycles. The summed E-state index contributed by atoms with van der Waals surface area (Å²) in [6.07, 6.45) is 8.38. The number of aliphatic hydroxyl groups excluding tert-OH is 1. The van der Waals surface area contributed by atoms with Crippen molar-refractivity contribution in [1.82, 2.24) is 0 Å². The van der Waals surface area contributed by atoms with Crippen molar-refractivity contribution in [1.29, 1.82) is 0 Å². The summed E-state index contributed by atoms with van der Waals surface area (Å²) in [6, 6.07) is 10.2. The first-order chi connectivity index (χ1) is 18.6. The van der Waals surface area contributed by atoms with E-state index in [9.17, 15) is 29.8 Å². The van der Waals surface area contributed by atoms with Crippen molar-refractivity contribution >= 4 is 34.6 Å². The van der Waals surface area contributed by atoms with Crippen molar-refractivity contribution in [3.8, 4) is 11.5 Å². The van der Waals surface area contributed by atoms with E-state index in [2.05, 4.69) is 17.9 Å². The second-order valence-electron chi connectivity index (χ2n) is 7.33. The maximum atomic E-state index is 11.3. The Morgan fingerprint density at radius 2 is 1.23 bits per heavy atom. The van der Waals surface area contributed by atoms with Crippen LogP contribution in [0.15, 0.2) is 73.8 Å². The number of rotatable bonds is 13. The Balaban J connectivity index is 0.000000622. The predicted molar refractivity (Wildman–Crippen MR) is 145 cm³/mol. The Bertz CT molecular complexity index is 1040. The van der Waals surface area contributed by atoms with Crippen molar-refractivity contribution < 1.29 is 38.8 Å². The lowest BCUT2D eigenvalue weighted by Crippen LogP contribution is -2.11. The number of hydrogen-bond donors (Lipinski definition) is 1. The van der Waals surface area contributed by atoms with Gasteiger partial charge in [0.15, 0.2) is 0 Å². The SMILES string of the molecule is C=CCCCCO.C=CCCCCOC(=O)Oc1ccc([N+](=O)[O-])cc1.O=C(Cl)Oc1ccc([N+](=O)[O-])cc1. The van der Waals surface area contributed by atoms with E-state index in [1.807, 2.05) is 6.08 Å². The Morgan fingerprint density at radius 3 is 1.62 bits per heavy atom. The van der Waals surface area contributed by atoms with Gasteiger partial charge in [-0.05, 0) is 62.8 Å². The molecule has 1 N–H and O–H groups in total. The number of allylic oxidation sites excluding steroid dienone is 2. The van der Waals surface area contributed by atoms with Crippen LogP contribution in [0.4, 0.5) is 21.0 Å². The van der Waals surface area contributed by atoms with Crippen LogP contribution in [0.1, 0.15) is 38.5 Å². The van der Waals surface area contributed by atoms with Crippen LogP contribution in [0.5, 0.6) is 11.5 Å². The molecule has 0 bridgehead atoms. The van der Waals surface area contributed by atoms with E-state index in [1.54, 1.807) is 6.08 Å². The number of benzene rings is 2. The maximum absolute atomic E-state index is 11.3. The molecule has 0 aliphatic carbocycles. The summed E-state index contributed by atoms with van der Waals surface area (Å²) in [7, 11) is 0. The number of carbonyl (C=O) groups excluding carboxylic acids is 2. The van der Waals surface area contributed by atoms with Gasteiger partial charge in [-0.15, -0.1) is 13.2 Å². The minimum atomic E-state index is -0.978. The van der Waals surface area contributed by atoms with E-state index in [4.69, 9.17) is 26.2 Å². The van der Waals surface area contributed by atoms with E-state index < -0.39 is 21.4 Å². The van der Waals surface area contributed by atoms with Crippen molar-refractivity contribution in [3.05, 3.63) is 94.1 Å². The monoisotopic (exact) mass is 566 g/mol. The summed E-state index contributed by atoms with van der Waals surface area (Å²) >= 11 is 4.92. The molecule has 0 unspecified atom stereocenters. The molecular formula is C26H31ClN2O10. The first-order valence-electron chi connectivity index (χ1n) is 11.7. The Hall–Kier alpha value is -4.29. The van der Waals surface area contributed by atoms with Crippen molar-refractivity contribution in [2.75, 3.05) is 13.2 Å². The molecule has 0 saturated heterocycles. The first-order valence-corrected chi connectivity index (χ1v) is 12.1. The van der Waals surface area contributed by atoms with Crippen LogP contribution in [-0.4, -0.2) is 39.8 Å². The summed E-state index contributed by atoms with van der Waals surface area (Å²) in [4.78, 5) is 41.1. The van der Waals surface area contributed by atoms with Crippen molar-refractivity contribution in [3.63, 3.8) is 0 Å². The Labute approximate surface area is 230 Å². The second kappa shape index (κ2) is 21.8. The molecule has 0 saturated carbocycles. The van der Waals surface area contributed by atoms with Crippen molar-refractivity contribution in [2.24, 2.45) is 0 Å². The van der Waals surface area contributed by atoms with Gasteiger partial charge < -0.3 is 19.3 Å². The number of hydrogen-bond acceptors (Lipinski definition) is 10. The molecule has 0 fully saturated rings. The highest BCUT2D eigenvalue weighted by Gasteiger charge is 2.09. The van der Waals surface area contributed by atoms with Gasteiger partial charge in [0.1, 0.15) is 11.5 Å². The van der Waals surface area contributed by atoms with Gasteiger partial charge >= 0.3 is 11.6 Å². The summed E-state index contributed by atoms with van der Waals surface area (Å²) in [5, 5.41) is 28.9. The molecule has 212 valence electrons. The van der Waals surface area contributed by atoms with E-state index in [-0.39, 0.29) is 29.5 Å². The Kier molecular flexibility index (Phi) is 19.4. The lowest BCUT2D eigenvalue weighted by Gasteiger charge is -2.05. The number of aliphatic hydroxyl groups is 1. The number of nitro groups is 2. The molecule has 0 amide bonds. The van der Waals surface area contributed by atoms with Crippen LogP contribution in [-0.2, 0) is 4.74 Å². The van der Waals surface area contributed by atoms with Gasteiger partial charge in [0.2, 0.25) is 0 Å². The molecule has 2 aromatic carbocycles. The van der Waals surface area contributed by atoms with Gasteiger partial charge in [-0.25, -0.2) is 9.59 Å². The molecule has 0 aliphatic rings. The van der Waals surface area contributed by atoms with Gasteiger partial charge in [0, 0.05) is 42.5 Å². The summed E-state index contributed by atoms with van der Waals surface area (Å²) in [6.45, 7) is 7.73. The average molecular weight is 567 g/mol. The highest BCUT2D eigenvalue weighted by Crippen LogP contribution is 2.18. The fourth-order valence-corrected chi connectivity index (χ4v) is 2.53. The molecule has 0 aromatic heterocycles. The fourth-order valence-electron chi connectivity index (χ4n) is 2.44. The third-order valence-electron chi connectivity index (χ3n) is 4.33. The molecule has 0 atom stereocenters. The maximum Gasteiger partial charge on any atom is 0.513 e. The highest BCUT2D eigenvalue weighted by molar-refractivity contribution is 6.61. The molecular weight excluding hydrogens is 536 g/mol. The Morgan fingerprint density at radius 1 is 0.795 bits per heavy atom. The van der Waals surface area contributed by atoms with Crippen LogP contribution in [0.25, 0.3) is 0 Å². The van der Waals surface area contributed by atoms with Crippen LogP contribution in [0, 0.1) is 20.2 Å². The first kappa shape index (κ1) is 34.7. The van der Waals surface area contributed by atoms with Crippen molar-refractivity contribution in [2.45, 2.75) is 38.5 Å². The molecule has 2 aromatic rings. The van der Waals surface area contributed by atoms with E-state index in [0.717, 1.165) is 38.5 Å². The third kappa shape index (κ3) is 18.6. The van der Waals surface area contributed by atoms with Gasteiger partial charge in [-0.3, -0.25) is 20.2 Å². The normalized spacial score (nSPS) is 9.38. The van der Waals surface area contributed by atoms with Crippen LogP contribution in [0.2, 0.25) is 0 Å². The molecule has 0 aliphatic heterocycles. The summed E-state index contributed by atoms with van der Waals surface area (Å²) in [5.74, 6) is 0.382. The second-order valence-corrected chi connectivity index (χ2v) is 7.64. The van der Waals surface area contributed by atoms with Gasteiger partial charge in [0.25, 0.3) is 11.4 Å². The van der Waals surface area contributed by atoms with E-state index >= 15 is 0 Å². The number of unbranched alkanes of at least 4 members (excludes halogenated alkanes) is 4. The van der Waals surface area contributed by atoms with Crippen LogP contribution < -0.4 is 9.47 Å². The summed E-state index contributed by atoms with van der Waals surface area (Å²) in [5.41, 5.74) is -1.12. The van der Waals surface area contributed by atoms with Gasteiger partial charge in [-0.2, -0.15) is 0 Å². The zero-order valence-electron chi connectivity index (χ0n) is 21.2. The lowest BCUT2D eigenvalue weighted by atomic mass is 10.2. The topological polar surface area (TPSA) is 168 Å². The lowest BCUT2D eigenvalue weighted by molar-refractivity contribution is -0.385. The van der Waals surface area contributed by atoms with Gasteiger partial charge in [0.05, 0.1) is 16.5 Å². The minimum Gasteiger partial charge on any atom is -0.434 e. The smallest absolute Gasteiger partial charge is 0.434 e. The largest absolute Gasteiger partial charge is 0.513 e. The van der Waals surface area contributed by atoms with E-state index in [0.29, 0.717) is 6.61 Å². The number of nitrogens with zero attached hydrogens (tertiary/aromatic N) is 2. The van der Waals surface area contributed by atoms with E-state index in [1.165, 1.54) is 48.5 Å². The third-order valence-corrected chi connectivity index (χ3v) is 4.41. The number of non-ortho nitro benzene ring substituents is 2. The zero-order chi connectivity index (χ0) is 29.5. The molecule has 2 rings (SSSR count). The average Bonchev–Trinajstić information content (AvgIpc) is 2.90. The number of ether oxygens (including phenoxy) is 3. The highest BCUT2D eigenvalue weighted by atomic mass is 35.5. The number of carbonyl (C=O) groups is 2. The molecule has 12 nitrogen and oxygen atoms in total. The molecule has 13 heteroatoms. The van der Waals surface area contributed by atoms with Gasteiger partial charge in [-0.1, -0.05) is 12.2 Å². The number of nitro benzene ring substituents is 2. The minimum absolute atomic E-state index is 0.0647. The molecule has 39 heavy (non-hydrogen) atoms. The zero-order valence-corrected chi connectivity index (χ0v) is 22.0.